The maximum atomic E-state index is 11.8. The standard InChI is InChI=1S/C19H18N2O4/c22-19(23)21-15-10-18(25-17-9-5-4-8-14(15)17)16(21)11-20-24-12-13-6-2-1-3-7-13/h1-9,11,15-16,18H,10,12H2,(H,22,23)/b20-11+/t15-,16?,18-/m0/s1. The van der Waals surface area contributed by atoms with Gasteiger partial charge in [-0.2, -0.15) is 0 Å². The lowest BCUT2D eigenvalue weighted by Gasteiger charge is -2.25. The molecule has 1 unspecified atom stereocenters. The third kappa shape index (κ3) is 2.91. The van der Waals surface area contributed by atoms with Crippen molar-refractivity contribution in [1.82, 2.24) is 4.90 Å². The van der Waals surface area contributed by atoms with Gasteiger partial charge in [-0.15, -0.1) is 0 Å². The van der Waals surface area contributed by atoms with Gasteiger partial charge in [0.2, 0.25) is 0 Å². The van der Waals surface area contributed by atoms with E-state index in [4.69, 9.17) is 9.57 Å². The summed E-state index contributed by atoms with van der Waals surface area (Å²) in [6.07, 6.45) is 0.930. The van der Waals surface area contributed by atoms with E-state index in [9.17, 15) is 9.90 Å². The van der Waals surface area contributed by atoms with Crippen LogP contribution in [0.3, 0.4) is 0 Å². The van der Waals surface area contributed by atoms with Crippen molar-refractivity contribution in [3.63, 3.8) is 0 Å². The SMILES string of the molecule is O=C(O)N1C(/C=N/OCc2ccccc2)[C@@H]2C[C@H]1c1ccccc1O2. The first kappa shape index (κ1) is 15.5. The summed E-state index contributed by atoms with van der Waals surface area (Å²) in [5.74, 6) is 0.746. The molecule has 6 nitrogen and oxygen atoms in total. The lowest BCUT2D eigenvalue weighted by atomic mass is 10.00. The third-order valence-electron chi connectivity index (χ3n) is 4.63. The number of para-hydroxylation sites is 1. The van der Waals surface area contributed by atoms with Gasteiger partial charge in [-0.3, -0.25) is 4.90 Å². The van der Waals surface area contributed by atoms with Crippen molar-refractivity contribution >= 4 is 12.3 Å². The summed E-state index contributed by atoms with van der Waals surface area (Å²) < 4.78 is 5.98. The molecule has 2 aliphatic rings. The molecule has 0 spiro atoms. The molecule has 2 aromatic carbocycles. The molecule has 1 saturated heterocycles. The number of fused-ring (bicyclic) bond motifs is 4. The second-order valence-corrected chi connectivity index (χ2v) is 6.14. The molecule has 0 saturated carbocycles. The number of carbonyl (C=O) groups is 1. The smallest absolute Gasteiger partial charge is 0.408 e. The van der Waals surface area contributed by atoms with Crippen LogP contribution in [0.2, 0.25) is 0 Å². The number of nitrogens with zero attached hydrogens (tertiary/aromatic N) is 2. The molecule has 0 aromatic heterocycles. The van der Waals surface area contributed by atoms with Crippen LogP contribution in [-0.2, 0) is 11.4 Å². The Morgan fingerprint density at radius 3 is 2.80 bits per heavy atom. The first-order chi connectivity index (χ1) is 12.2. The summed E-state index contributed by atoms with van der Waals surface area (Å²) in [6, 6.07) is 16.6. The van der Waals surface area contributed by atoms with Crippen LogP contribution in [0.15, 0.2) is 59.8 Å². The number of hydrogen-bond donors (Lipinski definition) is 1. The van der Waals surface area contributed by atoms with Gasteiger partial charge >= 0.3 is 6.09 Å². The monoisotopic (exact) mass is 338 g/mol. The van der Waals surface area contributed by atoms with Crippen LogP contribution in [-0.4, -0.2) is 34.5 Å². The molecule has 3 atom stereocenters. The molecule has 2 aromatic rings. The summed E-state index contributed by atoms with van der Waals surface area (Å²) >= 11 is 0. The van der Waals surface area contributed by atoms with Gasteiger partial charge in [-0.05, 0) is 11.6 Å². The molecule has 2 aliphatic heterocycles. The van der Waals surface area contributed by atoms with Crippen molar-refractivity contribution in [2.24, 2.45) is 5.16 Å². The van der Waals surface area contributed by atoms with Gasteiger partial charge in [0.1, 0.15) is 24.5 Å². The second-order valence-electron chi connectivity index (χ2n) is 6.14. The Bertz CT molecular complexity index is 793. The second kappa shape index (κ2) is 6.47. The van der Waals surface area contributed by atoms with Crippen LogP contribution in [0, 0.1) is 0 Å². The Kier molecular flexibility index (Phi) is 4.01. The highest BCUT2D eigenvalue weighted by atomic mass is 16.6. The minimum Gasteiger partial charge on any atom is -0.487 e. The molecule has 4 rings (SSSR count). The summed E-state index contributed by atoms with van der Waals surface area (Å²) in [5, 5.41) is 13.7. The Morgan fingerprint density at radius 2 is 2.00 bits per heavy atom. The third-order valence-corrected chi connectivity index (χ3v) is 4.63. The zero-order chi connectivity index (χ0) is 17.2. The minimum atomic E-state index is -0.979. The molecule has 1 amide bonds. The fourth-order valence-corrected chi connectivity index (χ4v) is 3.50. The van der Waals surface area contributed by atoms with Gasteiger partial charge in [0.05, 0.1) is 12.3 Å². The number of benzene rings is 2. The van der Waals surface area contributed by atoms with Crippen LogP contribution in [0.4, 0.5) is 4.79 Å². The maximum absolute atomic E-state index is 11.8. The molecular formula is C19H18N2O4. The number of hydrogen-bond acceptors (Lipinski definition) is 4. The van der Waals surface area contributed by atoms with E-state index in [1.54, 1.807) is 0 Å². The van der Waals surface area contributed by atoms with E-state index in [0.29, 0.717) is 13.0 Å². The van der Waals surface area contributed by atoms with Gasteiger partial charge in [0.15, 0.2) is 0 Å². The highest BCUT2D eigenvalue weighted by molar-refractivity contribution is 5.77. The van der Waals surface area contributed by atoms with Crippen molar-refractivity contribution in [3.8, 4) is 5.75 Å². The van der Waals surface area contributed by atoms with E-state index >= 15 is 0 Å². The molecule has 0 radical (unpaired) electrons. The van der Waals surface area contributed by atoms with Crippen LogP contribution >= 0.6 is 0 Å². The lowest BCUT2D eigenvalue weighted by molar-refractivity contribution is 0.117. The van der Waals surface area contributed by atoms with Crippen LogP contribution < -0.4 is 4.74 Å². The normalized spacial score (nSPS) is 24.0. The molecule has 2 heterocycles. The van der Waals surface area contributed by atoms with E-state index in [1.165, 1.54) is 11.1 Å². The molecule has 6 heteroatoms. The summed E-state index contributed by atoms with van der Waals surface area (Å²) in [4.78, 5) is 18.5. The zero-order valence-electron chi connectivity index (χ0n) is 13.5. The molecule has 25 heavy (non-hydrogen) atoms. The first-order valence-electron chi connectivity index (χ1n) is 8.20. The Balaban J connectivity index is 1.50. The van der Waals surface area contributed by atoms with Gasteiger partial charge in [-0.1, -0.05) is 53.7 Å². The van der Waals surface area contributed by atoms with Gasteiger partial charge in [-0.25, -0.2) is 4.79 Å². The number of amides is 1. The highest BCUT2D eigenvalue weighted by Gasteiger charge is 2.49. The average Bonchev–Trinajstić information content (AvgIpc) is 2.93. The van der Waals surface area contributed by atoms with Gasteiger partial charge in [0, 0.05) is 12.0 Å². The van der Waals surface area contributed by atoms with Crippen LogP contribution in [0.1, 0.15) is 23.6 Å². The number of likely N-dealkylation sites (tertiary alicyclic amines) is 1. The summed E-state index contributed by atoms with van der Waals surface area (Å²) in [6.45, 7) is 0.340. The number of carboxylic acid groups (broad SMARTS) is 1. The first-order valence-corrected chi connectivity index (χ1v) is 8.20. The fraction of sp³-hybridized carbons (Fsp3) is 0.263. The quantitative estimate of drug-likeness (QED) is 0.685. The fourth-order valence-electron chi connectivity index (χ4n) is 3.50. The molecular weight excluding hydrogens is 320 g/mol. The zero-order valence-corrected chi connectivity index (χ0v) is 13.5. The molecule has 2 bridgehead atoms. The summed E-state index contributed by atoms with van der Waals surface area (Å²) in [5.41, 5.74) is 1.91. The topological polar surface area (TPSA) is 71.4 Å². The van der Waals surface area contributed by atoms with Crippen molar-refractivity contribution < 1.29 is 19.5 Å². The molecule has 1 N–H and O–H groups in total. The lowest BCUT2D eigenvalue weighted by Crippen LogP contribution is -2.41. The van der Waals surface area contributed by atoms with Crippen molar-refractivity contribution in [1.29, 1.82) is 0 Å². The van der Waals surface area contributed by atoms with E-state index in [1.807, 2.05) is 54.6 Å². The van der Waals surface area contributed by atoms with Crippen LogP contribution in [0.5, 0.6) is 5.75 Å². The maximum Gasteiger partial charge on any atom is 0.408 e. The van der Waals surface area contributed by atoms with Crippen molar-refractivity contribution in [2.45, 2.75) is 31.2 Å². The number of rotatable bonds is 4. The largest absolute Gasteiger partial charge is 0.487 e. The Labute approximate surface area is 145 Å². The van der Waals surface area contributed by atoms with E-state index in [2.05, 4.69) is 5.16 Å². The molecule has 128 valence electrons. The van der Waals surface area contributed by atoms with E-state index in [-0.39, 0.29) is 12.1 Å². The van der Waals surface area contributed by atoms with Gasteiger partial charge in [0.25, 0.3) is 0 Å². The van der Waals surface area contributed by atoms with E-state index in [0.717, 1.165) is 16.9 Å². The predicted octanol–water partition coefficient (Wildman–Crippen LogP) is 3.44. The number of oxime groups is 1. The van der Waals surface area contributed by atoms with E-state index < -0.39 is 12.1 Å². The van der Waals surface area contributed by atoms with Crippen molar-refractivity contribution in [3.05, 3.63) is 65.7 Å². The Hall–Kier alpha value is -3.02. The average molecular weight is 338 g/mol. The predicted molar refractivity (Wildman–Crippen MR) is 91.6 cm³/mol. The van der Waals surface area contributed by atoms with Gasteiger partial charge < -0.3 is 14.7 Å². The highest BCUT2D eigenvalue weighted by Crippen LogP contribution is 2.45. The van der Waals surface area contributed by atoms with Crippen LogP contribution in [0.25, 0.3) is 0 Å². The minimum absolute atomic E-state index is 0.210. The molecule has 1 fully saturated rings. The van der Waals surface area contributed by atoms with Crippen molar-refractivity contribution in [2.75, 3.05) is 0 Å². The molecule has 0 aliphatic carbocycles. The Morgan fingerprint density at radius 1 is 1.24 bits per heavy atom. The number of ether oxygens (including phenoxy) is 1. The summed E-state index contributed by atoms with van der Waals surface area (Å²) in [7, 11) is 0.